The molecular formula is C9H15NO2S. The van der Waals surface area contributed by atoms with Gasteiger partial charge in [-0.05, 0) is 6.42 Å². The van der Waals surface area contributed by atoms with E-state index >= 15 is 0 Å². The highest BCUT2D eigenvalue weighted by molar-refractivity contribution is 7.09. The second kappa shape index (κ2) is 6.07. The van der Waals surface area contributed by atoms with E-state index in [4.69, 9.17) is 9.47 Å². The molecule has 0 aromatic carbocycles. The standard InChI is InChI=1S/C9H15NO2S/c1-3-8-7-13-9(10-8)6-12-5-4-11-2/h7H,3-6H2,1-2H3. The Balaban J connectivity index is 2.20. The molecule has 0 N–H and O–H groups in total. The van der Waals surface area contributed by atoms with E-state index in [1.165, 1.54) is 0 Å². The van der Waals surface area contributed by atoms with Crippen LogP contribution in [0.4, 0.5) is 0 Å². The summed E-state index contributed by atoms with van der Waals surface area (Å²) >= 11 is 1.66. The molecule has 0 atom stereocenters. The van der Waals surface area contributed by atoms with Gasteiger partial charge >= 0.3 is 0 Å². The van der Waals surface area contributed by atoms with Crippen molar-refractivity contribution < 1.29 is 9.47 Å². The van der Waals surface area contributed by atoms with Gasteiger partial charge in [-0.25, -0.2) is 4.98 Å². The molecule has 0 unspecified atom stereocenters. The van der Waals surface area contributed by atoms with Crippen molar-refractivity contribution in [2.45, 2.75) is 20.0 Å². The average molecular weight is 201 g/mol. The van der Waals surface area contributed by atoms with E-state index in [2.05, 4.69) is 17.3 Å². The zero-order valence-electron chi connectivity index (χ0n) is 8.08. The highest BCUT2D eigenvalue weighted by Gasteiger charge is 1.99. The van der Waals surface area contributed by atoms with Gasteiger partial charge in [0.25, 0.3) is 0 Å². The fraction of sp³-hybridized carbons (Fsp3) is 0.667. The summed E-state index contributed by atoms with van der Waals surface area (Å²) < 4.78 is 10.2. The number of rotatable bonds is 6. The van der Waals surface area contributed by atoms with Crippen LogP contribution >= 0.6 is 11.3 Å². The van der Waals surface area contributed by atoms with Crippen molar-refractivity contribution in [1.29, 1.82) is 0 Å². The summed E-state index contributed by atoms with van der Waals surface area (Å²) in [5.74, 6) is 0. The summed E-state index contributed by atoms with van der Waals surface area (Å²) in [5, 5.41) is 3.13. The Morgan fingerprint density at radius 1 is 1.46 bits per heavy atom. The van der Waals surface area contributed by atoms with E-state index in [0.717, 1.165) is 17.1 Å². The lowest BCUT2D eigenvalue weighted by atomic mass is 10.4. The Morgan fingerprint density at radius 2 is 2.31 bits per heavy atom. The van der Waals surface area contributed by atoms with E-state index in [9.17, 15) is 0 Å². The van der Waals surface area contributed by atoms with Gasteiger partial charge in [-0.1, -0.05) is 6.92 Å². The van der Waals surface area contributed by atoms with Gasteiger partial charge in [0.2, 0.25) is 0 Å². The molecule has 0 saturated heterocycles. The fourth-order valence-electron chi connectivity index (χ4n) is 0.879. The molecule has 0 radical (unpaired) electrons. The molecule has 0 fully saturated rings. The second-order valence-electron chi connectivity index (χ2n) is 2.63. The number of ether oxygens (including phenoxy) is 2. The third-order valence-corrected chi connectivity index (χ3v) is 2.49. The predicted octanol–water partition coefficient (Wildman–Crippen LogP) is 1.87. The summed E-state index contributed by atoms with van der Waals surface area (Å²) in [4.78, 5) is 4.38. The number of hydrogen-bond acceptors (Lipinski definition) is 4. The molecule has 1 heterocycles. The molecule has 3 nitrogen and oxygen atoms in total. The Hall–Kier alpha value is -0.450. The third kappa shape index (κ3) is 3.85. The Bertz CT molecular complexity index is 237. The van der Waals surface area contributed by atoms with Gasteiger partial charge in [0.05, 0.1) is 25.5 Å². The van der Waals surface area contributed by atoms with Crippen molar-refractivity contribution in [3.8, 4) is 0 Å². The number of nitrogens with zero attached hydrogens (tertiary/aromatic N) is 1. The lowest BCUT2D eigenvalue weighted by molar-refractivity contribution is 0.0615. The molecule has 0 saturated carbocycles. The van der Waals surface area contributed by atoms with Crippen LogP contribution in [0.25, 0.3) is 0 Å². The lowest BCUT2D eigenvalue weighted by Gasteiger charge is -1.99. The van der Waals surface area contributed by atoms with E-state index < -0.39 is 0 Å². The Kier molecular flexibility index (Phi) is 4.97. The molecule has 0 aliphatic carbocycles. The summed E-state index contributed by atoms with van der Waals surface area (Å²) in [6.45, 7) is 3.99. The van der Waals surface area contributed by atoms with Crippen LogP contribution in [-0.2, 0) is 22.5 Å². The van der Waals surface area contributed by atoms with Crippen molar-refractivity contribution in [2.75, 3.05) is 20.3 Å². The fourth-order valence-corrected chi connectivity index (χ4v) is 1.69. The van der Waals surface area contributed by atoms with Gasteiger partial charge in [0, 0.05) is 12.5 Å². The minimum atomic E-state index is 0.605. The number of thiazole rings is 1. The van der Waals surface area contributed by atoms with Crippen LogP contribution in [0.1, 0.15) is 17.6 Å². The molecular weight excluding hydrogens is 186 g/mol. The van der Waals surface area contributed by atoms with E-state index in [1.807, 2.05) is 0 Å². The van der Waals surface area contributed by atoms with Gasteiger partial charge < -0.3 is 9.47 Å². The zero-order chi connectivity index (χ0) is 9.52. The molecule has 1 aromatic heterocycles. The van der Waals surface area contributed by atoms with Crippen LogP contribution in [0.5, 0.6) is 0 Å². The maximum Gasteiger partial charge on any atom is 0.119 e. The Labute approximate surface area is 82.7 Å². The van der Waals surface area contributed by atoms with Gasteiger partial charge in [0.1, 0.15) is 5.01 Å². The van der Waals surface area contributed by atoms with Crippen LogP contribution in [0.15, 0.2) is 5.38 Å². The number of hydrogen-bond donors (Lipinski definition) is 0. The minimum Gasteiger partial charge on any atom is -0.382 e. The smallest absolute Gasteiger partial charge is 0.119 e. The van der Waals surface area contributed by atoms with Crippen molar-refractivity contribution in [1.82, 2.24) is 4.98 Å². The first-order valence-electron chi connectivity index (χ1n) is 4.36. The quantitative estimate of drug-likeness (QED) is 0.658. The van der Waals surface area contributed by atoms with Gasteiger partial charge in [0.15, 0.2) is 0 Å². The van der Waals surface area contributed by atoms with Crippen molar-refractivity contribution in [3.05, 3.63) is 16.1 Å². The van der Waals surface area contributed by atoms with Crippen LogP contribution in [0.3, 0.4) is 0 Å². The van der Waals surface area contributed by atoms with Gasteiger partial charge in [-0.2, -0.15) is 0 Å². The topological polar surface area (TPSA) is 31.4 Å². The summed E-state index contributed by atoms with van der Waals surface area (Å²) in [7, 11) is 1.67. The number of aryl methyl sites for hydroxylation is 1. The van der Waals surface area contributed by atoms with Crippen LogP contribution in [0.2, 0.25) is 0 Å². The number of aromatic nitrogens is 1. The van der Waals surface area contributed by atoms with Crippen LogP contribution in [-0.4, -0.2) is 25.3 Å². The maximum absolute atomic E-state index is 5.34. The molecule has 4 heteroatoms. The van der Waals surface area contributed by atoms with Crippen molar-refractivity contribution >= 4 is 11.3 Å². The third-order valence-electron chi connectivity index (χ3n) is 1.62. The minimum absolute atomic E-state index is 0.605. The average Bonchev–Trinajstić information content (AvgIpc) is 2.60. The normalized spacial score (nSPS) is 10.6. The highest BCUT2D eigenvalue weighted by Crippen LogP contribution is 2.10. The highest BCUT2D eigenvalue weighted by atomic mass is 32.1. The molecule has 0 aliphatic rings. The molecule has 0 spiro atoms. The molecule has 0 bridgehead atoms. The van der Waals surface area contributed by atoms with E-state index in [-0.39, 0.29) is 0 Å². The maximum atomic E-state index is 5.34. The summed E-state index contributed by atoms with van der Waals surface area (Å²) in [6, 6.07) is 0. The van der Waals surface area contributed by atoms with Gasteiger partial charge in [-0.3, -0.25) is 0 Å². The summed E-state index contributed by atoms with van der Waals surface area (Å²) in [5.41, 5.74) is 1.15. The molecule has 13 heavy (non-hydrogen) atoms. The molecule has 1 rings (SSSR count). The van der Waals surface area contributed by atoms with Crippen LogP contribution in [0, 0.1) is 0 Å². The Morgan fingerprint density at radius 3 is 2.92 bits per heavy atom. The predicted molar refractivity (Wildman–Crippen MR) is 53.0 cm³/mol. The first-order chi connectivity index (χ1) is 6.36. The molecule has 0 aliphatic heterocycles. The monoisotopic (exact) mass is 201 g/mol. The molecule has 1 aromatic rings. The van der Waals surface area contributed by atoms with Gasteiger partial charge in [-0.15, -0.1) is 11.3 Å². The number of methoxy groups -OCH3 is 1. The molecule has 74 valence electrons. The zero-order valence-corrected chi connectivity index (χ0v) is 8.89. The summed E-state index contributed by atoms with van der Waals surface area (Å²) in [6.07, 6.45) is 0.995. The lowest BCUT2D eigenvalue weighted by Crippen LogP contribution is -2.01. The van der Waals surface area contributed by atoms with E-state index in [0.29, 0.717) is 19.8 Å². The largest absolute Gasteiger partial charge is 0.382 e. The first-order valence-corrected chi connectivity index (χ1v) is 5.24. The first kappa shape index (κ1) is 10.6. The van der Waals surface area contributed by atoms with Crippen molar-refractivity contribution in [2.24, 2.45) is 0 Å². The second-order valence-corrected chi connectivity index (χ2v) is 3.57. The van der Waals surface area contributed by atoms with Crippen LogP contribution < -0.4 is 0 Å². The van der Waals surface area contributed by atoms with E-state index in [1.54, 1.807) is 18.4 Å². The SMILES string of the molecule is CCc1csc(COCCOC)n1. The van der Waals surface area contributed by atoms with Crippen molar-refractivity contribution in [3.63, 3.8) is 0 Å². The molecule has 0 amide bonds.